The first-order valence-electron chi connectivity index (χ1n) is 45.7. The van der Waals surface area contributed by atoms with Crippen LogP contribution < -0.4 is 9.80 Å². The Morgan fingerprint density at radius 1 is 0.414 bits per heavy atom. The Morgan fingerprint density at radius 3 is 1.46 bits per heavy atom. The number of fused-ring (bicyclic) bond motifs is 20. The van der Waals surface area contributed by atoms with Crippen molar-refractivity contribution in [1.29, 1.82) is 0 Å². The number of benzene rings is 7. The van der Waals surface area contributed by atoms with E-state index in [0.717, 1.165) is 50.4 Å². The van der Waals surface area contributed by atoms with Crippen LogP contribution in [0.2, 0.25) is 0 Å². The standard InChI is InChI=1S/C109H124N2/c1-7-21-73-25-49-89-93-53-45-85(69-101(93)106(97(89)65-73)57-13-14-58-106)110(86-46-54-94-90-50-26-74(22-8-2)66-98(90)107(102(94)70-86)59-15-16-60-107)83-41-33-79(34-42-83)77-29-37-81(38-30-77)105(11-5,12-6)82-39-31-78(32-40-82)80-35-43-84(44-36-80)111(87-47-55-95-91-51-27-75(23-9-3)67-99(91)108(103(95)71-87)61-17-18-62-108)88-48-56-96-92-52-28-76(24-10-4)68-100(92)109(104(96)72-88)63-19-20-64-109/h25-26,29-39,41-43,45-50,53-55,65-72,82,84,91-92,96,99-100H,7-24,27-28,40,44,51-52,56-64H2,1-6H3. The zero-order valence-electron chi connectivity index (χ0n) is 68.3. The van der Waals surface area contributed by atoms with Gasteiger partial charge in [0.05, 0.1) is 6.04 Å². The normalized spacial score (nSPS) is 25.4. The van der Waals surface area contributed by atoms with Crippen molar-refractivity contribution >= 4 is 22.7 Å². The predicted molar refractivity (Wildman–Crippen MR) is 469 cm³/mol. The fourth-order valence-corrected chi connectivity index (χ4v) is 27.5. The zero-order valence-corrected chi connectivity index (χ0v) is 68.3. The molecule has 0 saturated heterocycles. The molecule has 0 heterocycles. The first-order chi connectivity index (χ1) is 54.6. The first kappa shape index (κ1) is 72.1. The molecular weight excluding hydrogens is 1340 g/mol. The van der Waals surface area contributed by atoms with Crippen LogP contribution in [-0.4, -0.2) is 6.04 Å². The van der Waals surface area contributed by atoms with Crippen molar-refractivity contribution in [2.45, 2.75) is 287 Å². The van der Waals surface area contributed by atoms with E-state index in [0.29, 0.717) is 29.1 Å². The molecule has 4 spiro atoms. The SMILES string of the molecule is CCCC1=CC2C(CC1)c1ccc(N(C3=CCC4C(=C3)C3(CCCC3)C3C=C(CCC)CCC43)C3C=CC(C4=CCC(C(CC)(CC)c5ccc(-c6ccc(N(c7ccc8c(c7)C7(CCCC7)c7cc(CCC)ccc7-8)c7ccc8c(c7)C7(CCCC7)c7cc(CCC)ccc7-8)cc6)cc5)C=C4)=CC3)cc1C21CCCC1. The third kappa shape index (κ3) is 11.5. The lowest BCUT2D eigenvalue weighted by molar-refractivity contribution is 0.224. The number of hydrogen-bond donors (Lipinski definition) is 0. The summed E-state index contributed by atoms with van der Waals surface area (Å²) in [5, 5.41) is 0. The lowest BCUT2D eigenvalue weighted by atomic mass is 9.64. The van der Waals surface area contributed by atoms with Gasteiger partial charge in [0.2, 0.25) is 0 Å². The van der Waals surface area contributed by atoms with Gasteiger partial charge in [-0.1, -0.05) is 281 Å². The van der Waals surface area contributed by atoms with E-state index in [1.54, 1.807) is 44.5 Å². The molecule has 0 aliphatic heterocycles. The molecule has 7 aromatic carbocycles. The number of rotatable bonds is 20. The van der Waals surface area contributed by atoms with Gasteiger partial charge in [-0.3, -0.25) is 0 Å². The summed E-state index contributed by atoms with van der Waals surface area (Å²) in [7, 11) is 0. The topological polar surface area (TPSA) is 6.48 Å². The Bertz CT molecular complexity index is 4880. The minimum Gasteiger partial charge on any atom is -0.335 e. The molecule has 570 valence electrons. The largest absolute Gasteiger partial charge is 0.335 e. The van der Waals surface area contributed by atoms with Crippen LogP contribution in [0.1, 0.15) is 297 Å². The molecule has 7 atom stereocenters. The van der Waals surface area contributed by atoms with Crippen molar-refractivity contribution in [3.05, 3.63) is 284 Å². The first-order valence-corrected chi connectivity index (χ1v) is 45.7. The maximum atomic E-state index is 2.88. The maximum Gasteiger partial charge on any atom is 0.0560 e. The molecule has 20 rings (SSSR count). The second-order valence-corrected chi connectivity index (χ2v) is 37.8. The molecule has 0 amide bonds. The molecule has 2 nitrogen and oxygen atoms in total. The van der Waals surface area contributed by atoms with Crippen molar-refractivity contribution in [1.82, 2.24) is 0 Å². The van der Waals surface area contributed by atoms with E-state index in [1.807, 2.05) is 5.57 Å². The Labute approximate surface area is 667 Å². The minimum absolute atomic E-state index is 0.0321. The summed E-state index contributed by atoms with van der Waals surface area (Å²) in [5.41, 5.74) is 38.3. The van der Waals surface area contributed by atoms with Crippen molar-refractivity contribution in [2.24, 2.45) is 35.0 Å². The van der Waals surface area contributed by atoms with Gasteiger partial charge in [-0.05, 0) is 325 Å². The highest BCUT2D eigenvalue weighted by Crippen LogP contribution is 2.69. The van der Waals surface area contributed by atoms with E-state index in [-0.39, 0.29) is 27.7 Å². The summed E-state index contributed by atoms with van der Waals surface area (Å²) < 4.78 is 0. The van der Waals surface area contributed by atoms with Crippen molar-refractivity contribution in [3.63, 3.8) is 0 Å². The summed E-state index contributed by atoms with van der Waals surface area (Å²) >= 11 is 0. The van der Waals surface area contributed by atoms with Gasteiger partial charge in [0, 0.05) is 50.1 Å². The average molecular weight is 1460 g/mol. The van der Waals surface area contributed by atoms with E-state index in [2.05, 4.69) is 252 Å². The van der Waals surface area contributed by atoms with Gasteiger partial charge < -0.3 is 9.80 Å². The van der Waals surface area contributed by atoms with E-state index in [9.17, 15) is 0 Å². The molecule has 2 heteroatoms. The number of aryl methyl sites for hydroxylation is 2. The molecule has 0 aromatic heterocycles. The van der Waals surface area contributed by atoms with Crippen LogP contribution in [0.15, 0.2) is 234 Å². The molecule has 7 aromatic rings. The lowest BCUT2D eigenvalue weighted by Gasteiger charge is -2.40. The minimum atomic E-state index is 0.0321. The molecule has 7 unspecified atom stereocenters. The van der Waals surface area contributed by atoms with Gasteiger partial charge in [-0.2, -0.15) is 0 Å². The van der Waals surface area contributed by atoms with E-state index in [1.165, 1.54) is 263 Å². The molecular formula is C109H124N2. The molecule has 13 aliphatic rings. The molecule has 0 radical (unpaired) electrons. The molecule has 111 heavy (non-hydrogen) atoms. The van der Waals surface area contributed by atoms with Crippen LogP contribution in [0.5, 0.6) is 0 Å². The highest BCUT2D eigenvalue weighted by atomic mass is 15.2. The Hall–Kier alpha value is -7.94. The zero-order chi connectivity index (χ0) is 74.8. The van der Waals surface area contributed by atoms with Gasteiger partial charge >= 0.3 is 0 Å². The molecule has 0 N–H and O–H groups in total. The van der Waals surface area contributed by atoms with Crippen molar-refractivity contribution in [2.75, 3.05) is 9.80 Å². The van der Waals surface area contributed by atoms with Gasteiger partial charge in [0.1, 0.15) is 0 Å². The predicted octanol–water partition coefficient (Wildman–Crippen LogP) is 29.9. The fourth-order valence-electron chi connectivity index (χ4n) is 27.5. The monoisotopic (exact) mass is 1460 g/mol. The molecule has 5 fully saturated rings. The highest BCUT2D eigenvalue weighted by molar-refractivity contribution is 5.89. The molecule has 5 saturated carbocycles. The van der Waals surface area contributed by atoms with E-state index >= 15 is 0 Å². The van der Waals surface area contributed by atoms with Crippen molar-refractivity contribution < 1.29 is 0 Å². The third-order valence-electron chi connectivity index (χ3n) is 32.7. The number of allylic oxidation sites excluding steroid dienone is 13. The molecule has 0 bridgehead atoms. The van der Waals surface area contributed by atoms with Crippen LogP contribution in [0, 0.1) is 35.0 Å². The smallest absolute Gasteiger partial charge is 0.0560 e. The Kier molecular flexibility index (Phi) is 18.7. The summed E-state index contributed by atoms with van der Waals surface area (Å²) in [5.74, 6) is 3.99. The van der Waals surface area contributed by atoms with Gasteiger partial charge in [0.15, 0.2) is 0 Å². The quantitative estimate of drug-likeness (QED) is 0.0702. The Balaban J connectivity index is 0.580. The highest BCUT2D eigenvalue weighted by Gasteiger charge is 2.59. The van der Waals surface area contributed by atoms with Crippen LogP contribution in [-0.2, 0) is 34.5 Å². The molecule has 13 aliphatic carbocycles. The number of nitrogens with zero attached hydrogens (tertiary/aromatic N) is 2. The van der Waals surface area contributed by atoms with Crippen molar-refractivity contribution in [3.8, 4) is 33.4 Å². The third-order valence-corrected chi connectivity index (χ3v) is 32.7. The van der Waals surface area contributed by atoms with E-state index < -0.39 is 0 Å². The van der Waals surface area contributed by atoms with Gasteiger partial charge in [0.25, 0.3) is 0 Å². The van der Waals surface area contributed by atoms with E-state index in [4.69, 9.17) is 0 Å². The van der Waals surface area contributed by atoms with Gasteiger partial charge in [-0.25, -0.2) is 0 Å². The van der Waals surface area contributed by atoms with Gasteiger partial charge in [-0.15, -0.1) is 0 Å². The average Bonchev–Trinajstić information content (AvgIpc) is 1.56. The lowest BCUT2D eigenvalue weighted by Crippen LogP contribution is -2.35. The second kappa shape index (κ2) is 28.9. The summed E-state index contributed by atoms with van der Waals surface area (Å²) in [6.45, 7) is 14.3. The maximum absolute atomic E-state index is 2.88. The Morgan fingerprint density at radius 2 is 0.910 bits per heavy atom. The van der Waals surface area contributed by atoms with Crippen LogP contribution in [0.25, 0.3) is 33.4 Å². The summed E-state index contributed by atoms with van der Waals surface area (Å²) in [4.78, 5) is 5.51. The van der Waals surface area contributed by atoms with Crippen LogP contribution >= 0.6 is 0 Å². The van der Waals surface area contributed by atoms with Crippen LogP contribution in [0.3, 0.4) is 0 Å². The van der Waals surface area contributed by atoms with Crippen LogP contribution in [0.4, 0.5) is 22.7 Å². The summed E-state index contributed by atoms with van der Waals surface area (Å²) in [6.07, 6.45) is 68.5. The fraction of sp³-hybridized carbons (Fsp3) is 0.468. The second-order valence-electron chi connectivity index (χ2n) is 37.8. The number of hydrogen-bond acceptors (Lipinski definition) is 2. The summed E-state index contributed by atoms with van der Waals surface area (Å²) in [6, 6.07) is 58.1. The number of anilines is 4.